The molecule has 0 aromatic carbocycles. The van der Waals surface area contributed by atoms with E-state index in [0.29, 0.717) is 22.0 Å². The van der Waals surface area contributed by atoms with E-state index in [-0.39, 0.29) is 16.4 Å². The number of thiazole rings is 1. The molecule has 1 fully saturated rings. The fourth-order valence-electron chi connectivity index (χ4n) is 3.52. The summed E-state index contributed by atoms with van der Waals surface area (Å²) in [6.07, 6.45) is -2.61. The van der Waals surface area contributed by atoms with Crippen molar-refractivity contribution < 1.29 is 37.7 Å². The Balaban J connectivity index is 1.28. The quantitative estimate of drug-likeness (QED) is 0.209. The topological polar surface area (TPSA) is 182 Å². The lowest BCUT2D eigenvalue weighted by atomic mass is 9.97. The molecule has 3 atom stereocenters. The number of nitrogens with zero attached hydrogens (tertiary/aromatic N) is 4. The van der Waals surface area contributed by atoms with E-state index in [1.807, 2.05) is 20.8 Å². The molecule has 1 unspecified atom stereocenters. The van der Waals surface area contributed by atoms with Crippen molar-refractivity contribution in [2.45, 2.75) is 66.9 Å². The number of thioether (sulfide) groups is 1. The van der Waals surface area contributed by atoms with Gasteiger partial charge in [0.2, 0.25) is 18.0 Å². The Bertz CT molecular complexity index is 1440. The number of amides is 2. The highest BCUT2D eigenvalue weighted by Crippen LogP contribution is 2.42. The maximum atomic E-state index is 14.3. The molecule has 3 aromatic rings. The van der Waals surface area contributed by atoms with E-state index in [2.05, 4.69) is 25.6 Å². The lowest BCUT2D eigenvalue weighted by molar-refractivity contribution is -0.141. The highest BCUT2D eigenvalue weighted by molar-refractivity contribution is 8.00. The standard InChI is InChI=1S/C23H26F2N6O7S2/c1-22(2,3)18-26-7-11(37-18)10-39-16-8-27-20(40-16)30-15(34)6-14(33)28-13-4-5-31(21(36)29-13)19-23(24,25)17(35)12(9-32)38-19/h4-5,7-8,12,17,19,32,35H,6,9-10H2,1-3H3,(H,27,30,34)(H,28,29,33,36)/t12-,17?,19-/m1/s1. The van der Waals surface area contributed by atoms with Gasteiger partial charge in [-0.3, -0.25) is 14.2 Å². The van der Waals surface area contributed by atoms with Crippen LogP contribution in [0.4, 0.5) is 19.7 Å². The third kappa shape index (κ3) is 6.72. The second-order valence-corrected chi connectivity index (χ2v) is 12.1. The zero-order valence-corrected chi connectivity index (χ0v) is 23.1. The minimum absolute atomic E-state index is 0.204. The van der Waals surface area contributed by atoms with Crippen LogP contribution in [0.5, 0.6) is 0 Å². The number of rotatable bonds is 9. The first-order valence-corrected chi connectivity index (χ1v) is 13.6. The van der Waals surface area contributed by atoms with E-state index in [1.165, 1.54) is 23.1 Å². The van der Waals surface area contributed by atoms with Crippen molar-refractivity contribution in [1.82, 2.24) is 19.5 Å². The van der Waals surface area contributed by atoms with Gasteiger partial charge in [-0.25, -0.2) is 14.8 Å². The maximum Gasteiger partial charge on any atom is 0.351 e. The number of halogens is 2. The van der Waals surface area contributed by atoms with Crippen LogP contribution < -0.4 is 16.3 Å². The lowest BCUT2D eigenvalue weighted by Gasteiger charge is -2.21. The summed E-state index contributed by atoms with van der Waals surface area (Å²) in [5, 5.41) is 23.7. The minimum atomic E-state index is -3.87. The van der Waals surface area contributed by atoms with E-state index in [9.17, 15) is 28.3 Å². The van der Waals surface area contributed by atoms with Crippen molar-refractivity contribution in [1.29, 1.82) is 0 Å². The van der Waals surface area contributed by atoms with E-state index in [4.69, 9.17) is 14.3 Å². The third-order valence-electron chi connectivity index (χ3n) is 5.51. The second-order valence-electron chi connectivity index (χ2n) is 9.76. The number of alkyl halides is 2. The summed E-state index contributed by atoms with van der Waals surface area (Å²) in [5.74, 6) is -3.80. The molecule has 0 aliphatic carbocycles. The fourth-order valence-corrected chi connectivity index (χ4v) is 5.28. The fraction of sp³-hybridized carbons (Fsp3) is 0.478. The molecule has 3 aromatic heterocycles. The van der Waals surface area contributed by atoms with Crippen molar-refractivity contribution >= 4 is 45.9 Å². The zero-order chi connectivity index (χ0) is 29.2. The Labute approximate surface area is 234 Å². The summed E-state index contributed by atoms with van der Waals surface area (Å²) in [4.78, 5) is 48.8. The Morgan fingerprint density at radius 3 is 2.58 bits per heavy atom. The predicted octanol–water partition coefficient (Wildman–Crippen LogP) is 2.13. The number of hydrogen-bond acceptors (Lipinski definition) is 12. The van der Waals surface area contributed by atoms with Crippen LogP contribution in [0, 0.1) is 0 Å². The van der Waals surface area contributed by atoms with Crippen molar-refractivity contribution in [2.24, 2.45) is 0 Å². The van der Waals surface area contributed by atoms with E-state index >= 15 is 0 Å². The van der Waals surface area contributed by atoms with Gasteiger partial charge in [0.15, 0.2) is 17.1 Å². The molecular formula is C23H26F2N6O7S2. The van der Waals surface area contributed by atoms with E-state index in [1.54, 1.807) is 12.4 Å². The normalized spacial score (nSPS) is 20.4. The highest BCUT2D eigenvalue weighted by Gasteiger charge is 2.59. The van der Waals surface area contributed by atoms with Crippen LogP contribution in [-0.4, -0.2) is 66.3 Å². The summed E-state index contributed by atoms with van der Waals surface area (Å²) >= 11 is 2.65. The molecule has 4 N–H and O–H groups in total. The van der Waals surface area contributed by atoms with Gasteiger partial charge >= 0.3 is 11.6 Å². The summed E-state index contributed by atoms with van der Waals surface area (Å²) in [5.41, 5.74) is -1.41. The Hall–Kier alpha value is -3.25. The molecule has 4 rings (SSSR count). The number of hydrogen-bond donors (Lipinski definition) is 4. The molecule has 2 amide bonds. The SMILES string of the molecule is CC(C)(C)c1ncc(CSc2cnc(NC(=O)CC(=O)Nc3ccn([C@@H]4O[C@H](CO)C(O)C4(F)F)c(=O)n3)s2)o1. The molecule has 17 heteroatoms. The number of carbonyl (C=O) groups is 2. The summed E-state index contributed by atoms with van der Waals surface area (Å²) in [6, 6.07) is 1.05. The molecule has 13 nitrogen and oxygen atoms in total. The van der Waals surface area contributed by atoms with Crippen LogP contribution in [0.25, 0.3) is 0 Å². The first kappa shape index (κ1) is 29.7. The number of ether oxygens (including phenoxy) is 1. The van der Waals surface area contributed by atoms with Crippen LogP contribution in [0.2, 0.25) is 0 Å². The first-order chi connectivity index (χ1) is 18.8. The number of anilines is 2. The molecule has 1 aliphatic rings. The van der Waals surface area contributed by atoms with Crippen LogP contribution in [0.1, 0.15) is 45.1 Å². The number of aliphatic hydroxyl groups is 2. The molecule has 4 heterocycles. The van der Waals surface area contributed by atoms with Gasteiger partial charge in [-0.1, -0.05) is 32.1 Å². The van der Waals surface area contributed by atoms with Gasteiger partial charge in [0.25, 0.3) is 0 Å². The average Bonchev–Trinajstić information content (AvgIpc) is 3.57. The summed E-state index contributed by atoms with van der Waals surface area (Å²) in [7, 11) is 0. The van der Waals surface area contributed by atoms with E-state index in [0.717, 1.165) is 16.5 Å². The first-order valence-electron chi connectivity index (χ1n) is 11.8. The van der Waals surface area contributed by atoms with Crippen LogP contribution in [0.15, 0.2) is 38.1 Å². The zero-order valence-electron chi connectivity index (χ0n) is 21.5. The van der Waals surface area contributed by atoms with Crippen LogP contribution >= 0.6 is 23.1 Å². The van der Waals surface area contributed by atoms with Crippen molar-refractivity contribution in [3.63, 3.8) is 0 Å². The largest absolute Gasteiger partial charge is 0.444 e. The molecule has 0 saturated carbocycles. The van der Waals surface area contributed by atoms with Gasteiger partial charge < -0.3 is 30.0 Å². The highest BCUT2D eigenvalue weighted by atomic mass is 32.2. The van der Waals surface area contributed by atoms with Gasteiger partial charge in [-0.2, -0.15) is 13.8 Å². The molecule has 40 heavy (non-hydrogen) atoms. The van der Waals surface area contributed by atoms with Gasteiger partial charge in [-0.15, -0.1) is 11.8 Å². The van der Waals surface area contributed by atoms with Gasteiger partial charge in [0.1, 0.15) is 24.1 Å². The Kier molecular flexibility index (Phi) is 8.69. The molecule has 0 spiro atoms. The minimum Gasteiger partial charge on any atom is -0.444 e. The number of aromatic nitrogens is 4. The predicted molar refractivity (Wildman–Crippen MR) is 139 cm³/mol. The van der Waals surface area contributed by atoms with E-state index < -0.39 is 54.9 Å². The van der Waals surface area contributed by atoms with Crippen molar-refractivity contribution in [2.75, 3.05) is 17.2 Å². The molecule has 216 valence electrons. The van der Waals surface area contributed by atoms with Crippen LogP contribution in [0.3, 0.4) is 0 Å². The molecule has 1 saturated heterocycles. The van der Waals surface area contributed by atoms with Crippen molar-refractivity contribution in [3.05, 3.63) is 46.8 Å². The molecule has 0 radical (unpaired) electrons. The third-order valence-corrected chi connectivity index (χ3v) is 7.64. The second kappa shape index (κ2) is 11.7. The van der Waals surface area contributed by atoms with Gasteiger partial charge in [0, 0.05) is 11.6 Å². The smallest absolute Gasteiger partial charge is 0.351 e. The Morgan fingerprint density at radius 1 is 1.23 bits per heavy atom. The number of aliphatic hydroxyl groups excluding tert-OH is 2. The van der Waals surface area contributed by atoms with Gasteiger partial charge in [-0.05, 0) is 6.07 Å². The van der Waals surface area contributed by atoms with Crippen LogP contribution in [-0.2, 0) is 25.5 Å². The molecule has 1 aliphatic heterocycles. The number of nitrogens with one attached hydrogen (secondary N) is 2. The Morgan fingerprint density at radius 2 is 1.95 bits per heavy atom. The summed E-state index contributed by atoms with van der Waals surface area (Å²) in [6.45, 7) is 5.11. The van der Waals surface area contributed by atoms with Gasteiger partial charge in [0.05, 0.1) is 29.0 Å². The summed E-state index contributed by atoms with van der Waals surface area (Å²) < 4.78 is 40.5. The number of carbonyl (C=O) groups excluding carboxylic acids is 2. The lowest BCUT2D eigenvalue weighted by Crippen LogP contribution is -2.41. The monoisotopic (exact) mass is 600 g/mol. The average molecular weight is 601 g/mol. The number of oxazole rings is 1. The van der Waals surface area contributed by atoms with Crippen molar-refractivity contribution in [3.8, 4) is 0 Å². The maximum absolute atomic E-state index is 14.3. The molecule has 0 bridgehead atoms. The molecular weight excluding hydrogens is 574 g/mol.